The molecule has 2 rings (SSSR count). The molecular formula is C11H17NOS. The van der Waals surface area contributed by atoms with Crippen molar-refractivity contribution < 1.29 is 5.11 Å². The Bertz CT molecular complexity index is 291. The highest BCUT2D eigenvalue weighted by Gasteiger charge is 2.24. The van der Waals surface area contributed by atoms with Crippen LogP contribution in [0.3, 0.4) is 0 Å². The lowest BCUT2D eigenvalue weighted by atomic mass is 10.1. The molecule has 1 aromatic rings. The molecule has 14 heavy (non-hydrogen) atoms. The molecule has 78 valence electrons. The molecule has 0 aliphatic carbocycles. The van der Waals surface area contributed by atoms with Gasteiger partial charge in [-0.1, -0.05) is 6.92 Å². The maximum absolute atomic E-state index is 10.1. The first kappa shape index (κ1) is 10.1. The van der Waals surface area contributed by atoms with Gasteiger partial charge in [-0.2, -0.15) is 0 Å². The number of thiophene rings is 1. The minimum Gasteiger partial charge on any atom is -0.386 e. The fourth-order valence-electron chi connectivity index (χ4n) is 1.92. The third-order valence-corrected chi connectivity index (χ3v) is 4.10. The first-order valence-corrected chi connectivity index (χ1v) is 6.13. The molecule has 3 heteroatoms. The Kier molecular flexibility index (Phi) is 3.21. The summed E-state index contributed by atoms with van der Waals surface area (Å²) in [4.78, 5) is 2.47. The third-order valence-electron chi connectivity index (χ3n) is 2.80. The van der Waals surface area contributed by atoms with Gasteiger partial charge in [-0.15, -0.1) is 11.3 Å². The zero-order chi connectivity index (χ0) is 9.97. The van der Waals surface area contributed by atoms with Crippen LogP contribution in [0, 0.1) is 0 Å². The first-order chi connectivity index (χ1) is 6.81. The highest BCUT2D eigenvalue weighted by Crippen LogP contribution is 2.28. The van der Waals surface area contributed by atoms with Crippen LogP contribution in [-0.4, -0.2) is 17.7 Å². The van der Waals surface area contributed by atoms with Gasteiger partial charge in [0.25, 0.3) is 0 Å². The van der Waals surface area contributed by atoms with Gasteiger partial charge in [0.05, 0.1) is 0 Å². The number of aliphatic hydroxyl groups is 1. The van der Waals surface area contributed by atoms with Crippen molar-refractivity contribution in [2.24, 2.45) is 0 Å². The Morgan fingerprint density at radius 3 is 3.07 bits per heavy atom. The van der Waals surface area contributed by atoms with Crippen molar-refractivity contribution in [2.75, 3.05) is 6.54 Å². The molecule has 0 spiro atoms. The average Bonchev–Trinajstić information content (AvgIpc) is 2.88. The lowest BCUT2D eigenvalue weighted by Gasteiger charge is -2.16. The van der Waals surface area contributed by atoms with Gasteiger partial charge in [-0.05, 0) is 37.9 Å². The van der Waals surface area contributed by atoms with E-state index in [1.54, 1.807) is 11.3 Å². The Morgan fingerprint density at radius 1 is 1.64 bits per heavy atom. The maximum atomic E-state index is 10.1. The monoisotopic (exact) mass is 211 g/mol. The predicted molar refractivity (Wildman–Crippen MR) is 59.7 cm³/mol. The number of rotatable bonds is 3. The lowest BCUT2D eigenvalue weighted by molar-refractivity contribution is 0.141. The van der Waals surface area contributed by atoms with E-state index in [1.807, 2.05) is 0 Å². The minimum absolute atomic E-state index is 0.276. The molecule has 0 saturated carbocycles. The molecule has 2 atom stereocenters. The van der Waals surface area contributed by atoms with Gasteiger partial charge in [-0.3, -0.25) is 0 Å². The number of aryl methyl sites for hydroxylation is 1. The number of hydrogen-bond donors (Lipinski definition) is 2. The summed E-state index contributed by atoms with van der Waals surface area (Å²) in [5.41, 5.74) is 0. The van der Waals surface area contributed by atoms with Crippen LogP contribution >= 0.6 is 11.3 Å². The Labute approximate surface area is 89.0 Å². The van der Waals surface area contributed by atoms with E-state index in [-0.39, 0.29) is 12.1 Å². The van der Waals surface area contributed by atoms with Gasteiger partial charge in [0.15, 0.2) is 0 Å². The molecule has 2 N–H and O–H groups in total. The summed E-state index contributed by atoms with van der Waals surface area (Å²) in [6.07, 6.45) is 3.05. The predicted octanol–water partition coefficient (Wildman–Crippen LogP) is 2.10. The molecule has 0 bridgehead atoms. The molecule has 1 aromatic heterocycles. The second-order valence-corrected chi connectivity index (χ2v) is 5.01. The van der Waals surface area contributed by atoms with Crippen molar-refractivity contribution in [1.29, 1.82) is 0 Å². The topological polar surface area (TPSA) is 32.3 Å². The van der Waals surface area contributed by atoms with Crippen LogP contribution in [0.15, 0.2) is 12.1 Å². The van der Waals surface area contributed by atoms with E-state index < -0.39 is 0 Å². The Hall–Kier alpha value is -0.380. The van der Waals surface area contributed by atoms with E-state index in [1.165, 1.54) is 11.3 Å². The van der Waals surface area contributed by atoms with Crippen LogP contribution in [0.25, 0.3) is 0 Å². The molecule has 2 nitrogen and oxygen atoms in total. The van der Waals surface area contributed by atoms with Crippen molar-refractivity contribution in [3.05, 3.63) is 21.9 Å². The summed E-state index contributed by atoms with van der Waals surface area (Å²) in [5, 5.41) is 13.4. The van der Waals surface area contributed by atoms with Gasteiger partial charge in [0.2, 0.25) is 0 Å². The largest absolute Gasteiger partial charge is 0.386 e. The number of hydrogen-bond acceptors (Lipinski definition) is 3. The second kappa shape index (κ2) is 4.43. The highest BCUT2D eigenvalue weighted by atomic mass is 32.1. The highest BCUT2D eigenvalue weighted by molar-refractivity contribution is 7.12. The summed E-state index contributed by atoms with van der Waals surface area (Å²) in [6.45, 7) is 3.20. The van der Waals surface area contributed by atoms with Crippen molar-refractivity contribution in [3.63, 3.8) is 0 Å². The van der Waals surface area contributed by atoms with Crippen LogP contribution in [0.1, 0.15) is 35.6 Å². The zero-order valence-corrected chi connectivity index (χ0v) is 9.31. The summed E-state index contributed by atoms with van der Waals surface area (Å²) >= 11 is 1.74. The third kappa shape index (κ3) is 2.00. The zero-order valence-electron chi connectivity index (χ0n) is 8.49. The lowest BCUT2D eigenvalue weighted by Crippen LogP contribution is -2.28. The SMILES string of the molecule is CCc1ccc(C(O)C2CCCN2)s1. The Balaban J connectivity index is 2.05. The Morgan fingerprint density at radius 2 is 2.50 bits per heavy atom. The van der Waals surface area contributed by atoms with Gasteiger partial charge < -0.3 is 10.4 Å². The molecule has 0 radical (unpaired) electrons. The van der Waals surface area contributed by atoms with Crippen molar-refractivity contribution in [2.45, 2.75) is 38.3 Å². The van der Waals surface area contributed by atoms with Gasteiger partial charge >= 0.3 is 0 Å². The van der Waals surface area contributed by atoms with E-state index >= 15 is 0 Å². The van der Waals surface area contributed by atoms with Crippen LogP contribution < -0.4 is 5.32 Å². The standard InChI is InChI=1S/C11H17NOS/c1-2-8-5-6-10(14-8)11(13)9-4-3-7-12-9/h5-6,9,11-13H,2-4,7H2,1H3. The molecule has 1 saturated heterocycles. The quantitative estimate of drug-likeness (QED) is 0.802. The summed E-state index contributed by atoms with van der Waals surface area (Å²) in [5.74, 6) is 0. The van der Waals surface area contributed by atoms with E-state index in [4.69, 9.17) is 0 Å². The van der Waals surface area contributed by atoms with Crippen molar-refractivity contribution in [3.8, 4) is 0 Å². The van der Waals surface area contributed by atoms with Crippen LogP contribution in [-0.2, 0) is 6.42 Å². The van der Waals surface area contributed by atoms with Crippen molar-refractivity contribution in [1.82, 2.24) is 5.32 Å². The summed E-state index contributed by atoms with van der Waals surface area (Å²) in [7, 11) is 0. The maximum Gasteiger partial charge on any atom is 0.103 e. The fourth-order valence-corrected chi connectivity index (χ4v) is 2.93. The normalized spacial score (nSPS) is 24.0. The van der Waals surface area contributed by atoms with Crippen molar-refractivity contribution >= 4 is 11.3 Å². The van der Waals surface area contributed by atoms with E-state index in [0.29, 0.717) is 0 Å². The second-order valence-electron chi connectivity index (χ2n) is 3.81. The fraction of sp³-hybridized carbons (Fsp3) is 0.636. The van der Waals surface area contributed by atoms with E-state index in [9.17, 15) is 5.11 Å². The van der Waals surface area contributed by atoms with E-state index in [0.717, 1.165) is 24.3 Å². The summed E-state index contributed by atoms with van der Waals surface area (Å²) in [6, 6.07) is 4.46. The molecule has 1 aliphatic rings. The molecule has 2 unspecified atom stereocenters. The molecule has 0 amide bonds. The van der Waals surface area contributed by atoms with Crippen LogP contribution in [0.4, 0.5) is 0 Å². The molecule has 1 aliphatic heterocycles. The van der Waals surface area contributed by atoms with Crippen LogP contribution in [0.5, 0.6) is 0 Å². The van der Waals surface area contributed by atoms with Gasteiger partial charge in [0.1, 0.15) is 6.10 Å². The summed E-state index contributed by atoms with van der Waals surface area (Å²) < 4.78 is 0. The minimum atomic E-state index is -0.303. The molecule has 1 fully saturated rings. The average molecular weight is 211 g/mol. The number of aliphatic hydroxyl groups excluding tert-OH is 1. The van der Waals surface area contributed by atoms with Gasteiger partial charge in [-0.25, -0.2) is 0 Å². The molecular weight excluding hydrogens is 194 g/mol. The van der Waals surface area contributed by atoms with Crippen LogP contribution in [0.2, 0.25) is 0 Å². The molecule has 0 aromatic carbocycles. The molecule has 2 heterocycles. The smallest absolute Gasteiger partial charge is 0.103 e. The van der Waals surface area contributed by atoms with E-state index in [2.05, 4.69) is 24.4 Å². The number of nitrogens with one attached hydrogen (secondary N) is 1. The first-order valence-electron chi connectivity index (χ1n) is 5.31. The van der Waals surface area contributed by atoms with Gasteiger partial charge in [0, 0.05) is 15.8 Å².